The number of carbonyl (C=O) groups is 1. The maximum atomic E-state index is 13.4. The van der Waals surface area contributed by atoms with Crippen molar-refractivity contribution in [2.45, 2.75) is 9.92 Å². The minimum atomic E-state index is -4.18. The lowest BCUT2D eigenvalue weighted by molar-refractivity contribution is 0.0713. The van der Waals surface area contributed by atoms with E-state index < -0.39 is 21.5 Å². The number of rotatable bonds is 5. The maximum Gasteiger partial charge on any atom is 0.289 e. The van der Waals surface area contributed by atoms with E-state index in [9.17, 15) is 22.0 Å². The first kappa shape index (κ1) is 22.8. The van der Waals surface area contributed by atoms with E-state index >= 15 is 0 Å². The van der Waals surface area contributed by atoms with E-state index in [1.54, 1.807) is 21.9 Å². The lowest BCUT2D eigenvalue weighted by atomic mass is 10.2. The molecule has 0 unspecified atom stereocenters. The zero-order chi connectivity index (χ0) is 24.6. The lowest BCUT2D eigenvalue weighted by Crippen LogP contribution is -2.49. The van der Waals surface area contributed by atoms with Gasteiger partial charge in [-0.05, 0) is 60.7 Å². The highest BCUT2D eigenvalue weighted by Gasteiger charge is 2.34. The Hall–Kier alpha value is -3.99. The topological polar surface area (TPSA) is 96.9 Å². The third kappa shape index (κ3) is 4.42. The Kier molecular flexibility index (Phi) is 5.85. The molecule has 1 aliphatic rings. The van der Waals surface area contributed by atoms with Crippen LogP contribution in [0.4, 0.5) is 14.7 Å². The van der Waals surface area contributed by atoms with Gasteiger partial charge in [0.05, 0.1) is 11.2 Å². The van der Waals surface area contributed by atoms with Crippen LogP contribution < -0.4 is 4.90 Å². The quantitative estimate of drug-likeness (QED) is 0.383. The summed E-state index contributed by atoms with van der Waals surface area (Å²) in [5.74, 6) is -1.09. The summed E-state index contributed by atoms with van der Waals surface area (Å²) in [5, 5.41) is -0.339. The number of aromatic nitrogens is 1. The van der Waals surface area contributed by atoms with Crippen molar-refractivity contribution in [2.24, 2.45) is 0 Å². The number of benzene rings is 2. The van der Waals surface area contributed by atoms with E-state index in [0.29, 0.717) is 18.7 Å². The fourth-order valence-electron chi connectivity index (χ4n) is 3.78. The van der Waals surface area contributed by atoms with Gasteiger partial charge in [-0.25, -0.2) is 17.2 Å². The summed E-state index contributed by atoms with van der Waals surface area (Å²) in [4.78, 5) is 20.0. The Morgan fingerprint density at radius 3 is 2.11 bits per heavy atom. The summed E-state index contributed by atoms with van der Waals surface area (Å²) in [6, 6.07) is 12.9. The van der Waals surface area contributed by atoms with Gasteiger partial charge in [0.25, 0.3) is 5.91 Å². The zero-order valence-electron chi connectivity index (χ0n) is 18.2. The van der Waals surface area contributed by atoms with Crippen molar-refractivity contribution in [2.75, 3.05) is 31.1 Å². The standard InChI is InChI=1S/C24H19F2N3O5S/c25-17-5-3-16(4-6-17)21-27-22(35(31,32)19-9-7-18(26)8-10-19)24(34-21)29-13-11-28(12-14-29)23(30)20-2-1-15-33-20/h1-10,15H,11-14H2. The summed E-state index contributed by atoms with van der Waals surface area (Å²) in [6.45, 7) is 1.14. The first-order chi connectivity index (χ1) is 16.8. The molecule has 3 heterocycles. The number of carbonyl (C=O) groups excluding carboxylic acids is 1. The molecule has 1 saturated heterocycles. The van der Waals surface area contributed by atoms with Crippen LogP contribution in [-0.4, -0.2) is 50.4 Å². The predicted octanol–water partition coefficient (Wildman–Crippen LogP) is 4.01. The second-order valence-corrected chi connectivity index (χ2v) is 9.72. The summed E-state index contributed by atoms with van der Waals surface area (Å²) in [7, 11) is -4.18. The van der Waals surface area contributed by atoms with Crippen LogP contribution in [0.5, 0.6) is 0 Å². The molecule has 5 rings (SSSR count). The second-order valence-electron chi connectivity index (χ2n) is 7.85. The molecular formula is C24H19F2N3O5S. The second kappa shape index (κ2) is 8.99. The fraction of sp³-hybridized carbons (Fsp3) is 0.167. The van der Waals surface area contributed by atoms with Gasteiger partial charge in [0, 0.05) is 31.7 Å². The van der Waals surface area contributed by atoms with Gasteiger partial charge in [-0.2, -0.15) is 4.98 Å². The molecule has 180 valence electrons. The van der Waals surface area contributed by atoms with E-state index in [0.717, 1.165) is 24.3 Å². The largest absolute Gasteiger partial charge is 0.459 e. The number of halogens is 2. The number of hydrogen-bond donors (Lipinski definition) is 0. The van der Waals surface area contributed by atoms with Crippen molar-refractivity contribution in [1.29, 1.82) is 0 Å². The summed E-state index contributed by atoms with van der Waals surface area (Å²) in [6.07, 6.45) is 1.42. The fourth-order valence-corrected chi connectivity index (χ4v) is 5.10. The molecule has 11 heteroatoms. The lowest BCUT2D eigenvalue weighted by Gasteiger charge is -2.34. The van der Waals surface area contributed by atoms with E-state index in [4.69, 9.17) is 8.83 Å². The van der Waals surface area contributed by atoms with E-state index in [-0.39, 0.29) is 46.5 Å². The summed E-state index contributed by atoms with van der Waals surface area (Å²) < 4.78 is 64.7. The molecule has 1 fully saturated rings. The molecule has 1 aliphatic heterocycles. The number of amides is 1. The van der Waals surface area contributed by atoms with Gasteiger partial charge in [-0.1, -0.05) is 0 Å². The van der Waals surface area contributed by atoms with Gasteiger partial charge in [0.2, 0.25) is 26.6 Å². The van der Waals surface area contributed by atoms with Crippen LogP contribution in [0.2, 0.25) is 0 Å². The maximum absolute atomic E-state index is 13.4. The highest BCUT2D eigenvalue weighted by molar-refractivity contribution is 7.91. The van der Waals surface area contributed by atoms with Gasteiger partial charge in [-0.15, -0.1) is 0 Å². The first-order valence-electron chi connectivity index (χ1n) is 10.7. The third-order valence-electron chi connectivity index (χ3n) is 5.64. The molecule has 8 nitrogen and oxygen atoms in total. The van der Waals surface area contributed by atoms with E-state index in [1.165, 1.54) is 30.5 Å². The molecular weight excluding hydrogens is 480 g/mol. The zero-order valence-corrected chi connectivity index (χ0v) is 19.0. The van der Waals surface area contributed by atoms with Crippen LogP contribution >= 0.6 is 0 Å². The molecule has 0 bridgehead atoms. The van der Waals surface area contributed by atoms with Crippen molar-refractivity contribution in [1.82, 2.24) is 9.88 Å². The summed E-state index contributed by atoms with van der Waals surface area (Å²) >= 11 is 0. The Labute approximate surface area is 199 Å². The molecule has 0 N–H and O–H groups in total. The minimum Gasteiger partial charge on any atom is -0.459 e. The van der Waals surface area contributed by atoms with Gasteiger partial charge < -0.3 is 18.6 Å². The molecule has 4 aromatic rings. The molecule has 0 aliphatic carbocycles. The number of piperazine rings is 1. The number of sulfone groups is 1. The Bertz CT molecular complexity index is 1440. The van der Waals surface area contributed by atoms with Crippen LogP contribution in [0.3, 0.4) is 0 Å². The number of oxazole rings is 1. The van der Waals surface area contributed by atoms with Crippen molar-refractivity contribution < 1.29 is 30.8 Å². The average molecular weight is 499 g/mol. The Morgan fingerprint density at radius 1 is 0.886 bits per heavy atom. The Morgan fingerprint density at radius 2 is 1.51 bits per heavy atom. The number of hydrogen-bond acceptors (Lipinski definition) is 7. The Balaban J connectivity index is 1.49. The normalized spacial score (nSPS) is 14.3. The van der Waals surface area contributed by atoms with Gasteiger partial charge in [0.15, 0.2) is 5.76 Å². The molecule has 1 amide bonds. The van der Waals surface area contributed by atoms with E-state index in [1.807, 2.05) is 0 Å². The highest BCUT2D eigenvalue weighted by atomic mass is 32.2. The molecule has 2 aromatic heterocycles. The monoisotopic (exact) mass is 499 g/mol. The van der Waals surface area contributed by atoms with Crippen LogP contribution in [0.25, 0.3) is 11.5 Å². The van der Waals surface area contributed by atoms with Crippen molar-refractivity contribution in [3.05, 3.63) is 84.3 Å². The minimum absolute atomic E-state index is 0.00116. The number of nitrogens with zero attached hydrogens (tertiary/aromatic N) is 3. The molecule has 0 atom stereocenters. The molecule has 2 aromatic carbocycles. The van der Waals surface area contributed by atoms with Gasteiger partial charge >= 0.3 is 0 Å². The third-order valence-corrected chi connectivity index (χ3v) is 7.30. The smallest absolute Gasteiger partial charge is 0.289 e. The average Bonchev–Trinajstić information content (AvgIpc) is 3.56. The SMILES string of the molecule is O=C(c1ccco1)N1CCN(c2oc(-c3ccc(F)cc3)nc2S(=O)(=O)c2ccc(F)cc2)CC1. The molecule has 0 saturated carbocycles. The van der Waals surface area contributed by atoms with E-state index in [2.05, 4.69) is 4.98 Å². The molecule has 35 heavy (non-hydrogen) atoms. The number of furan rings is 1. The van der Waals surface area contributed by atoms with Crippen LogP contribution in [0.15, 0.2) is 85.7 Å². The number of anilines is 1. The van der Waals surface area contributed by atoms with Crippen LogP contribution in [0.1, 0.15) is 10.6 Å². The molecule has 0 radical (unpaired) electrons. The first-order valence-corrected chi connectivity index (χ1v) is 12.2. The van der Waals surface area contributed by atoms with Crippen molar-refractivity contribution in [3.8, 4) is 11.5 Å². The van der Waals surface area contributed by atoms with Crippen LogP contribution in [0, 0.1) is 11.6 Å². The van der Waals surface area contributed by atoms with Gasteiger partial charge in [-0.3, -0.25) is 4.79 Å². The van der Waals surface area contributed by atoms with Gasteiger partial charge in [0.1, 0.15) is 11.6 Å². The predicted molar refractivity (Wildman–Crippen MR) is 121 cm³/mol. The highest BCUT2D eigenvalue weighted by Crippen LogP contribution is 2.35. The van der Waals surface area contributed by atoms with Crippen molar-refractivity contribution in [3.63, 3.8) is 0 Å². The van der Waals surface area contributed by atoms with Crippen molar-refractivity contribution >= 4 is 21.6 Å². The van der Waals surface area contributed by atoms with Crippen LogP contribution in [-0.2, 0) is 9.84 Å². The molecule has 0 spiro atoms. The summed E-state index contributed by atoms with van der Waals surface area (Å²) in [5.41, 5.74) is 0.389.